The van der Waals surface area contributed by atoms with Crippen molar-refractivity contribution in [3.05, 3.63) is 24.2 Å². The molecule has 0 aromatic carbocycles. The van der Waals surface area contributed by atoms with Crippen LogP contribution < -0.4 is 0 Å². The van der Waals surface area contributed by atoms with Gasteiger partial charge in [0.15, 0.2) is 5.76 Å². The van der Waals surface area contributed by atoms with Gasteiger partial charge in [-0.1, -0.05) is 0 Å². The van der Waals surface area contributed by atoms with Crippen LogP contribution in [0.15, 0.2) is 22.8 Å². The first-order chi connectivity index (χ1) is 5.02. The topological polar surface area (TPSA) is 30.2 Å². The zero-order valence-electron chi connectivity index (χ0n) is 5.18. The van der Waals surface area contributed by atoms with Crippen molar-refractivity contribution in [1.29, 1.82) is 0 Å². The molecule has 0 bridgehead atoms. The van der Waals surface area contributed by atoms with Gasteiger partial charge in [0.25, 0.3) is 5.78 Å². The fourth-order valence-electron chi connectivity index (χ4n) is 0.547. The van der Waals surface area contributed by atoms with Gasteiger partial charge in [-0.25, -0.2) is 0 Å². The van der Waals surface area contributed by atoms with Crippen molar-refractivity contribution in [3.8, 4) is 0 Å². The van der Waals surface area contributed by atoms with Gasteiger partial charge in [-0.05, 0) is 12.1 Å². The molecule has 0 aliphatic rings. The molecule has 0 unspecified atom stereocenters. The molecule has 0 saturated carbocycles. The Morgan fingerprint density at radius 3 is 2.64 bits per heavy atom. The molecule has 1 aromatic heterocycles. The molecule has 0 aliphatic heterocycles. The van der Waals surface area contributed by atoms with Crippen molar-refractivity contribution in [1.82, 2.24) is 0 Å². The van der Waals surface area contributed by atoms with E-state index in [4.69, 9.17) is 0 Å². The van der Waals surface area contributed by atoms with Crippen LogP contribution in [0.2, 0.25) is 0 Å². The highest BCUT2D eigenvalue weighted by atomic mass is 127. The van der Waals surface area contributed by atoms with Crippen molar-refractivity contribution >= 4 is 28.4 Å². The van der Waals surface area contributed by atoms with Crippen molar-refractivity contribution in [2.45, 2.75) is 3.93 Å². The van der Waals surface area contributed by atoms with Gasteiger partial charge in [0.1, 0.15) is 0 Å². The summed E-state index contributed by atoms with van der Waals surface area (Å²) in [6, 6.07) is 2.59. The maximum Gasteiger partial charge on any atom is 0.361 e. The Hall–Kier alpha value is -0.460. The maximum atomic E-state index is 12.3. The minimum Gasteiger partial charge on any atom is -0.461 e. The smallest absolute Gasteiger partial charge is 0.361 e. The zero-order valence-corrected chi connectivity index (χ0v) is 7.34. The van der Waals surface area contributed by atoms with E-state index in [1.165, 1.54) is 18.4 Å². The third-order valence-electron chi connectivity index (χ3n) is 1.00. The lowest BCUT2D eigenvalue weighted by atomic mass is 10.3. The standard InChI is InChI=1S/C6H3F2IO2/c7-6(8,9)5(10)4-2-1-3-11-4/h1-3H. The number of Topliss-reactive ketones (excluding diaryl/α,β-unsaturated/α-hetero) is 1. The number of alkyl halides is 3. The van der Waals surface area contributed by atoms with Crippen molar-refractivity contribution < 1.29 is 18.0 Å². The predicted molar refractivity (Wildman–Crippen MR) is 42.0 cm³/mol. The van der Waals surface area contributed by atoms with E-state index in [-0.39, 0.29) is 5.76 Å². The van der Waals surface area contributed by atoms with Gasteiger partial charge in [-0.15, -0.1) is 0 Å². The molecule has 0 aliphatic carbocycles. The van der Waals surface area contributed by atoms with Crippen LogP contribution in [-0.2, 0) is 0 Å². The lowest BCUT2D eigenvalue weighted by Crippen LogP contribution is -2.19. The molecule has 5 heteroatoms. The molecule has 1 rings (SSSR count). The molecule has 0 N–H and O–H groups in total. The van der Waals surface area contributed by atoms with E-state index in [1.807, 2.05) is 0 Å². The monoisotopic (exact) mass is 272 g/mol. The predicted octanol–water partition coefficient (Wildman–Crippen LogP) is 2.49. The first-order valence-electron chi connectivity index (χ1n) is 2.67. The van der Waals surface area contributed by atoms with Crippen molar-refractivity contribution in [2.75, 3.05) is 0 Å². The Morgan fingerprint density at radius 1 is 1.64 bits per heavy atom. The molecule has 0 spiro atoms. The fourth-order valence-corrected chi connectivity index (χ4v) is 0.813. The molecule has 0 amide bonds. The molecular weight excluding hydrogens is 269 g/mol. The second-order valence-corrected chi connectivity index (χ2v) is 3.16. The van der Waals surface area contributed by atoms with Crippen LogP contribution in [0, 0.1) is 0 Å². The number of hydrogen-bond acceptors (Lipinski definition) is 2. The first kappa shape index (κ1) is 8.63. The average molecular weight is 272 g/mol. The lowest BCUT2D eigenvalue weighted by Gasteiger charge is -2.02. The van der Waals surface area contributed by atoms with Gasteiger partial charge in [0, 0.05) is 22.6 Å². The highest BCUT2D eigenvalue weighted by molar-refractivity contribution is 14.1. The minimum atomic E-state index is -3.38. The highest BCUT2D eigenvalue weighted by Crippen LogP contribution is 2.27. The van der Waals surface area contributed by atoms with Gasteiger partial charge in [0.05, 0.1) is 6.26 Å². The Bertz CT molecular complexity index is 250. The summed E-state index contributed by atoms with van der Waals surface area (Å²) >= 11 is 0.761. The summed E-state index contributed by atoms with van der Waals surface area (Å²) in [6.45, 7) is 0. The third kappa shape index (κ3) is 1.98. The molecule has 11 heavy (non-hydrogen) atoms. The molecule has 60 valence electrons. The van der Waals surface area contributed by atoms with E-state index in [0.29, 0.717) is 0 Å². The van der Waals surface area contributed by atoms with Gasteiger partial charge < -0.3 is 4.42 Å². The van der Waals surface area contributed by atoms with Crippen LogP contribution in [0.4, 0.5) is 8.78 Å². The number of rotatable bonds is 2. The van der Waals surface area contributed by atoms with E-state index >= 15 is 0 Å². The Morgan fingerprint density at radius 2 is 2.27 bits per heavy atom. The third-order valence-corrected chi connectivity index (χ3v) is 1.49. The summed E-state index contributed by atoms with van der Waals surface area (Å²) in [4.78, 5) is 10.7. The molecule has 1 aromatic rings. The second-order valence-electron chi connectivity index (χ2n) is 1.80. The molecular formula is C6H3F2IO2. The van der Waals surface area contributed by atoms with Gasteiger partial charge in [-0.2, -0.15) is 8.78 Å². The number of carbonyl (C=O) groups excluding carboxylic acids is 1. The number of halogens is 3. The summed E-state index contributed by atoms with van der Waals surface area (Å²) in [5.41, 5.74) is 0. The van der Waals surface area contributed by atoms with Gasteiger partial charge in [-0.3, -0.25) is 4.79 Å². The first-order valence-corrected chi connectivity index (χ1v) is 3.74. The Balaban J connectivity index is 2.88. The number of carbonyl (C=O) groups is 1. The number of ketones is 1. The largest absolute Gasteiger partial charge is 0.461 e. The SMILES string of the molecule is O=C(c1ccco1)C(F)(F)I. The summed E-state index contributed by atoms with van der Waals surface area (Å²) < 4.78 is 25.6. The molecule has 2 nitrogen and oxygen atoms in total. The van der Waals surface area contributed by atoms with E-state index in [1.54, 1.807) is 0 Å². The Kier molecular flexibility index (Phi) is 2.26. The van der Waals surface area contributed by atoms with Crippen molar-refractivity contribution in [3.63, 3.8) is 0 Å². The van der Waals surface area contributed by atoms with Gasteiger partial charge >= 0.3 is 3.93 Å². The zero-order chi connectivity index (χ0) is 8.48. The number of hydrogen-bond donors (Lipinski definition) is 0. The van der Waals surface area contributed by atoms with E-state index in [9.17, 15) is 13.6 Å². The van der Waals surface area contributed by atoms with Crippen LogP contribution in [0.5, 0.6) is 0 Å². The molecule has 0 atom stereocenters. The second kappa shape index (κ2) is 2.88. The van der Waals surface area contributed by atoms with Gasteiger partial charge in [0.2, 0.25) is 0 Å². The van der Waals surface area contributed by atoms with Crippen LogP contribution in [0.25, 0.3) is 0 Å². The lowest BCUT2D eigenvalue weighted by molar-refractivity contribution is 0.0597. The summed E-state index contributed by atoms with van der Waals surface area (Å²) in [6.07, 6.45) is 1.18. The van der Waals surface area contributed by atoms with E-state index in [2.05, 4.69) is 4.42 Å². The van der Waals surface area contributed by atoms with Crippen molar-refractivity contribution in [2.24, 2.45) is 0 Å². The van der Waals surface area contributed by atoms with Crippen LogP contribution in [0.3, 0.4) is 0 Å². The quantitative estimate of drug-likeness (QED) is 0.470. The molecule has 0 fully saturated rings. The fraction of sp³-hybridized carbons (Fsp3) is 0.167. The van der Waals surface area contributed by atoms with Crippen LogP contribution in [0.1, 0.15) is 10.6 Å². The average Bonchev–Trinajstić information content (AvgIpc) is 2.34. The summed E-state index contributed by atoms with van der Waals surface area (Å²) in [7, 11) is 0. The van der Waals surface area contributed by atoms with E-state index in [0.717, 1.165) is 22.6 Å². The van der Waals surface area contributed by atoms with Crippen LogP contribution in [-0.4, -0.2) is 9.71 Å². The molecule has 1 heterocycles. The number of furan rings is 1. The molecule has 0 saturated heterocycles. The summed E-state index contributed by atoms with van der Waals surface area (Å²) in [5, 5.41) is 0. The summed E-state index contributed by atoms with van der Waals surface area (Å²) in [5.74, 6) is -1.62. The maximum absolute atomic E-state index is 12.3. The molecule has 0 radical (unpaired) electrons. The Labute approximate surface area is 74.7 Å². The minimum absolute atomic E-state index is 0.315. The highest BCUT2D eigenvalue weighted by Gasteiger charge is 2.37. The van der Waals surface area contributed by atoms with E-state index < -0.39 is 9.71 Å². The van der Waals surface area contributed by atoms with Crippen LogP contribution >= 0.6 is 22.6 Å². The normalized spacial score (nSPS) is 11.5.